The van der Waals surface area contributed by atoms with Crippen molar-refractivity contribution in [3.8, 4) is 0 Å². The molecular weight excluding hydrogens is 200 g/mol. The highest BCUT2D eigenvalue weighted by Crippen LogP contribution is 2.25. The molecule has 6 heteroatoms. The molecule has 0 atom stereocenters. The molecule has 6 nitrogen and oxygen atoms in total. The van der Waals surface area contributed by atoms with E-state index in [-0.39, 0.29) is 5.69 Å². The summed E-state index contributed by atoms with van der Waals surface area (Å²) in [5.74, 6) is 0. The molecule has 0 amide bonds. The molecule has 2 rings (SSSR count). The maximum absolute atomic E-state index is 10.5. The zero-order valence-electron chi connectivity index (χ0n) is 7.91. The quantitative estimate of drug-likeness (QED) is 0.547. The highest BCUT2D eigenvalue weighted by Gasteiger charge is 2.20. The van der Waals surface area contributed by atoms with Gasteiger partial charge in [0.1, 0.15) is 24.4 Å². The predicted molar refractivity (Wildman–Crippen MR) is 49.7 cm³/mol. The van der Waals surface area contributed by atoms with E-state index in [1.54, 1.807) is 13.0 Å². The molecule has 0 N–H and O–H groups in total. The Morgan fingerprint density at radius 3 is 2.67 bits per heavy atom. The Bertz CT molecular complexity index is 422. The molecule has 1 aromatic rings. The standard InChI is InChI=1S/C9H8N2O4/c1-6-4-7(9-14-2-3-15-9)10-5-8(6)11(12)13/h2-5,9H,1H3. The van der Waals surface area contributed by atoms with Crippen LogP contribution in [-0.4, -0.2) is 9.91 Å². The molecule has 0 bridgehead atoms. The Morgan fingerprint density at radius 2 is 2.13 bits per heavy atom. The fourth-order valence-electron chi connectivity index (χ4n) is 1.27. The summed E-state index contributed by atoms with van der Waals surface area (Å²) in [7, 11) is 0. The smallest absolute Gasteiger partial charge is 0.290 e. The van der Waals surface area contributed by atoms with Gasteiger partial charge in [-0.15, -0.1) is 0 Å². The average molecular weight is 208 g/mol. The number of ether oxygens (including phenoxy) is 2. The van der Waals surface area contributed by atoms with E-state index in [9.17, 15) is 10.1 Å². The topological polar surface area (TPSA) is 74.5 Å². The summed E-state index contributed by atoms with van der Waals surface area (Å²) in [5, 5.41) is 10.5. The van der Waals surface area contributed by atoms with Crippen LogP contribution in [0.5, 0.6) is 0 Å². The molecule has 15 heavy (non-hydrogen) atoms. The average Bonchev–Trinajstić information content (AvgIpc) is 2.69. The van der Waals surface area contributed by atoms with Gasteiger partial charge in [-0.1, -0.05) is 0 Å². The third kappa shape index (κ3) is 1.74. The first-order valence-electron chi connectivity index (χ1n) is 4.25. The van der Waals surface area contributed by atoms with E-state index in [0.717, 1.165) is 0 Å². The van der Waals surface area contributed by atoms with Crippen LogP contribution >= 0.6 is 0 Å². The van der Waals surface area contributed by atoms with Crippen LogP contribution in [0.15, 0.2) is 24.8 Å². The van der Waals surface area contributed by atoms with Crippen molar-refractivity contribution in [2.75, 3.05) is 0 Å². The van der Waals surface area contributed by atoms with Crippen LogP contribution in [0.25, 0.3) is 0 Å². The predicted octanol–water partition coefficient (Wildman–Crippen LogP) is 1.81. The van der Waals surface area contributed by atoms with Crippen molar-refractivity contribution in [1.29, 1.82) is 0 Å². The summed E-state index contributed by atoms with van der Waals surface area (Å²) >= 11 is 0. The first-order chi connectivity index (χ1) is 7.18. The molecule has 1 aromatic heterocycles. The highest BCUT2D eigenvalue weighted by molar-refractivity contribution is 5.37. The van der Waals surface area contributed by atoms with Crippen molar-refractivity contribution in [3.63, 3.8) is 0 Å². The van der Waals surface area contributed by atoms with Crippen molar-refractivity contribution in [1.82, 2.24) is 4.98 Å². The summed E-state index contributed by atoms with van der Waals surface area (Å²) in [6, 6.07) is 1.58. The maximum Gasteiger partial charge on any atom is 0.290 e. The largest absolute Gasteiger partial charge is 0.454 e. The molecule has 1 aliphatic rings. The monoisotopic (exact) mass is 208 g/mol. The normalized spacial score (nSPS) is 14.7. The van der Waals surface area contributed by atoms with E-state index in [4.69, 9.17) is 9.47 Å². The minimum absolute atomic E-state index is 0.00953. The first kappa shape index (κ1) is 9.45. The van der Waals surface area contributed by atoms with Gasteiger partial charge in [-0.2, -0.15) is 0 Å². The van der Waals surface area contributed by atoms with Crippen molar-refractivity contribution in [2.24, 2.45) is 0 Å². The molecule has 0 spiro atoms. The molecule has 0 saturated carbocycles. The Hall–Kier alpha value is -2.11. The second-order valence-electron chi connectivity index (χ2n) is 3.03. The van der Waals surface area contributed by atoms with Crippen LogP contribution in [-0.2, 0) is 9.47 Å². The number of aromatic nitrogens is 1. The molecule has 0 unspecified atom stereocenters. The van der Waals surface area contributed by atoms with Gasteiger partial charge in [0.2, 0.25) is 0 Å². The van der Waals surface area contributed by atoms with Gasteiger partial charge >= 0.3 is 0 Å². The number of aryl methyl sites for hydroxylation is 1. The van der Waals surface area contributed by atoms with Crippen LogP contribution in [0.3, 0.4) is 0 Å². The Balaban J connectivity index is 2.29. The van der Waals surface area contributed by atoms with Gasteiger partial charge in [-0.3, -0.25) is 10.1 Å². The highest BCUT2D eigenvalue weighted by atomic mass is 16.7. The lowest BCUT2D eigenvalue weighted by Crippen LogP contribution is -2.03. The third-order valence-corrected chi connectivity index (χ3v) is 2.00. The van der Waals surface area contributed by atoms with Gasteiger partial charge in [0, 0.05) is 5.56 Å². The molecule has 2 heterocycles. The van der Waals surface area contributed by atoms with Gasteiger partial charge in [-0.25, -0.2) is 4.98 Å². The van der Waals surface area contributed by atoms with Gasteiger partial charge in [0.25, 0.3) is 12.0 Å². The third-order valence-electron chi connectivity index (χ3n) is 2.00. The SMILES string of the molecule is Cc1cc(C2OC=CO2)ncc1[N+](=O)[O-]. The van der Waals surface area contributed by atoms with Crippen molar-refractivity contribution in [2.45, 2.75) is 13.2 Å². The van der Waals surface area contributed by atoms with Gasteiger partial charge in [0.15, 0.2) is 0 Å². The molecule has 0 aromatic carbocycles. The number of hydrogen-bond acceptors (Lipinski definition) is 5. The van der Waals surface area contributed by atoms with E-state index in [1.807, 2.05) is 0 Å². The molecule has 0 aliphatic carbocycles. The van der Waals surface area contributed by atoms with Crippen molar-refractivity contribution in [3.05, 3.63) is 46.2 Å². The molecular formula is C9H8N2O4. The number of pyridine rings is 1. The minimum atomic E-state index is -0.593. The molecule has 0 saturated heterocycles. The number of nitro groups is 1. The van der Waals surface area contributed by atoms with E-state index in [0.29, 0.717) is 11.3 Å². The fourth-order valence-corrected chi connectivity index (χ4v) is 1.27. The molecule has 78 valence electrons. The van der Waals surface area contributed by atoms with Crippen molar-refractivity contribution >= 4 is 5.69 Å². The summed E-state index contributed by atoms with van der Waals surface area (Å²) in [6.07, 6.45) is 3.42. The van der Waals surface area contributed by atoms with E-state index >= 15 is 0 Å². The van der Waals surface area contributed by atoms with Gasteiger partial charge in [0.05, 0.1) is 4.92 Å². The van der Waals surface area contributed by atoms with E-state index in [1.165, 1.54) is 18.7 Å². The minimum Gasteiger partial charge on any atom is -0.454 e. The lowest BCUT2D eigenvalue weighted by Gasteiger charge is -2.09. The molecule has 1 aliphatic heterocycles. The lowest BCUT2D eigenvalue weighted by atomic mass is 10.2. The second kappa shape index (κ2) is 3.56. The van der Waals surface area contributed by atoms with Gasteiger partial charge in [-0.05, 0) is 13.0 Å². The van der Waals surface area contributed by atoms with Gasteiger partial charge < -0.3 is 9.47 Å². The van der Waals surface area contributed by atoms with Crippen LogP contribution < -0.4 is 0 Å². The Labute approximate surface area is 85.3 Å². The van der Waals surface area contributed by atoms with Crippen LogP contribution in [0.1, 0.15) is 17.5 Å². The zero-order chi connectivity index (χ0) is 10.8. The van der Waals surface area contributed by atoms with E-state index in [2.05, 4.69) is 4.98 Å². The van der Waals surface area contributed by atoms with Crippen molar-refractivity contribution < 1.29 is 14.4 Å². The summed E-state index contributed by atoms with van der Waals surface area (Å²) in [5.41, 5.74) is 1.04. The van der Waals surface area contributed by atoms with Crippen LogP contribution in [0.2, 0.25) is 0 Å². The Morgan fingerprint density at radius 1 is 1.47 bits per heavy atom. The summed E-state index contributed by atoms with van der Waals surface area (Å²) in [6.45, 7) is 1.64. The number of nitrogens with zero attached hydrogens (tertiary/aromatic N) is 2. The Kier molecular flexibility index (Phi) is 2.24. The van der Waals surface area contributed by atoms with Crippen LogP contribution in [0.4, 0.5) is 5.69 Å². The second-order valence-corrected chi connectivity index (χ2v) is 3.03. The van der Waals surface area contributed by atoms with E-state index < -0.39 is 11.2 Å². The fraction of sp³-hybridized carbons (Fsp3) is 0.222. The lowest BCUT2D eigenvalue weighted by molar-refractivity contribution is -0.385. The maximum atomic E-state index is 10.5. The molecule has 0 radical (unpaired) electrons. The zero-order valence-corrected chi connectivity index (χ0v) is 7.91. The first-order valence-corrected chi connectivity index (χ1v) is 4.25. The summed E-state index contributed by atoms with van der Waals surface area (Å²) < 4.78 is 10.1. The summed E-state index contributed by atoms with van der Waals surface area (Å²) in [4.78, 5) is 14.0. The molecule has 0 fully saturated rings. The van der Waals surface area contributed by atoms with Crippen LogP contribution in [0, 0.1) is 17.0 Å². The number of hydrogen-bond donors (Lipinski definition) is 0. The number of rotatable bonds is 2.